The van der Waals surface area contributed by atoms with E-state index in [2.05, 4.69) is 29.6 Å². The van der Waals surface area contributed by atoms with Gasteiger partial charge in [0.1, 0.15) is 0 Å². The SMILES string of the molecule is Cc1nn(C)cc1C(=O)NC1CCC(C)NC1C. The van der Waals surface area contributed by atoms with Crippen molar-refractivity contribution in [2.75, 3.05) is 0 Å². The fourth-order valence-electron chi connectivity index (χ4n) is 2.59. The summed E-state index contributed by atoms with van der Waals surface area (Å²) in [5, 5.41) is 10.8. The Labute approximate surface area is 108 Å². The predicted octanol–water partition coefficient (Wildman–Crippen LogP) is 0.987. The molecule has 1 saturated heterocycles. The second-order valence-corrected chi connectivity index (χ2v) is 5.32. The van der Waals surface area contributed by atoms with Gasteiger partial charge in [-0.2, -0.15) is 5.10 Å². The number of nitrogens with zero attached hydrogens (tertiary/aromatic N) is 2. The van der Waals surface area contributed by atoms with Crippen molar-refractivity contribution in [2.45, 2.75) is 51.7 Å². The molecule has 5 heteroatoms. The van der Waals surface area contributed by atoms with E-state index in [9.17, 15) is 4.79 Å². The highest BCUT2D eigenvalue weighted by molar-refractivity contribution is 5.95. The first-order valence-corrected chi connectivity index (χ1v) is 6.54. The molecule has 0 bridgehead atoms. The Morgan fingerprint density at radius 3 is 2.78 bits per heavy atom. The molecule has 1 aliphatic heterocycles. The minimum absolute atomic E-state index is 0.0196. The number of aromatic nitrogens is 2. The molecule has 2 heterocycles. The van der Waals surface area contributed by atoms with Gasteiger partial charge in [-0.1, -0.05) is 0 Å². The van der Waals surface area contributed by atoms with E-state index in [1.807, 2.05) is 14.0 Å². The minimum Gasteiger partial charge on any atom is -0.348 e. The molecule has 1 fully saturated rings. The number of nitrogens with one attached hydrogen (secondary N) is 2. The van der Waals surface area contributed by atoms with Crippen molar-refractivity contribution in [3.05, 3.63) is 17.5 Å². The Balaban J connectivity index is 2.01. The molecule has 1 aromatic heterocycles. The van der Waals surface area contributed by atoms with Gasteiger partial charge in [0.25, 0.3) is 5.91 Å². The first kappa shape index (κ1) is 13.1. The van der Waals surface area contributed by atoms with Crippen molar-refractivity contribution in [2.24, 2.45) is 7.05 Å². The molecule has 1 aliphatic rings. The molecule has 0 spiro atoms. The van der Waals surface area contributed by atoms with Crippen LogP contribution in [0, 0.1) is 6.92 Å². The number of carbonyl (C=O) groups excluding carboxylic acids is 1. The lowest BCUT2D eigenvalue weighted by Crippen LogP contribution is -2.54. The Kier molecular flexibility index (Phi) is 3.71. The van der Waals surface area contributed by atoms with Gasteiger partial charge < -0.3 is 10.6 Å². The molecule has 0 aromatic carbocycles. The highest BCUT2D eigenvalue weighted by atomic mass is 16.1. The second-order valence-electron chi connectivity index (χ2n) is 5.32. The number of aryl methyl sites for hydroxylation is 2. The lowest BCUT2D eigenvalue weighted by Gasteiger charge is -2.34. The van der Waals surface area contributed by atoms with Gasteiger partial charge in [-0.05, 0) is 33.6 Å². The molecule has 0 radical (unpaired) electrons. The zero-order valence-corrected chi connectivity index (χ0v) is 11.5. The van der Waals surface area contributed by atoms with Crippen molar-refractivity contribution in [1.82, 2.24) is 20.4 Å². The van der Waals surface area contributed by atoms with Gasteiger partial charge in [0, 0.05) is 31.4 Å². The normalized spacial score (nSPS) is 28.1. The van der Waals surface area contributed by atoms with Crippen LogP contribution in [0.5, 0.6) is 0 Å². The fraction of sp³-hybridized carbons (Fsp3) is 0.692. The first-order valence-electron chi connectivity index (χ1n) is 6.54. The lowest BCUT2D eigenvalue weighted by atomic mass is 9.95. The van der Waals surface area contributed by atoms with Crippen molar-refractivity contribution >= 4 is 5.91 Å². The van der Waals surface area contributed by atoms with Crippen LogP contribution in [0.3, 0.4) is 0 Å². The van der Waals surface area contributed by atoms with Crippen molar-refractivity contribution in [1.29, 1.82) is 0 Å². The van der Waals surface area contributed by atoms with E-state index in [-0.39, 0.29) is 11.9 Å². The van der Waals surface area contributed by atoms with E-state index < -0.39 is 0 Å². The van der Waals surface area contributed by atoms with E-state index in [4.69, 9.17) is 0 Å². The van der Waals surface area contributed by atoms with Crippen LogP contribution in [0.15, 0.2) is 6.20 Å². The van der Waals surface area contributed by atoms with Gasteiger partial charge in [0.15, 0.2) is 0 Å². The molecule has 3 atom stereocenters. The quantitative estimate of drug-likeness (QED) is 0.823. The zero-order valence-electron chi connectivity index (χ0n) is 11.5. The van der Waals surface area contributed by atoms with Crippen LogP contribution < -0.4 is 10.6 Å². The summed E-state index contributed by atoms with van der Waals surface area (Å²) in [6, 6.07) is 1.05. The molecule has 2 rings (SSSR count). The van der Waals surface area contributed by atoms with Crippen LogP contribution in [-0.2, 0) is 7.05 Å². The van der Waals surface area contributed by atoms with Crippen LogP contribution in [0.25, 0.3) is 0 Å². The summed E-state index contributed by atoms with van der Waals surface area (Å²) in [6.45, 7) is 6.16. The summed E-state index contributed by atoms with van der Waals surface area (Å²) in [6.07, 6.45) is 3.90. The van der Waals surface area contributed by atoms with E-state index in [0.29, 0.717) is 17.6 Å². The van der Waals surface area contributed by atoms with Gasteiger partial charge in [-0.15, -0.1) is 0 Å². The molecule has 5 nitrogen and oxygen atoms in total. The molecular formula is C13H22N4O. The number of amides is 1. The summed E-state index contributed by atoms with van der Waals surface area (Å²) in [5.74, 6) is -0.0196. The summed E-state index contributed by atoms with van der Waals surface area (Å²) in [7, 11) is 1.83. The third-order valence-corrected chi connectivity index (χ3v) is 3.64. The molecule has 18 heavy (non-hydrogen) atoms. The van der Waals surface area contributed by atoms with E-state index in [0.717, 1.165) is 18.5 Å². The molecule has 0 aliphatic carbocycles. The number of hydrogen-bond acceptors (Lipinski definition) is 3. The summed E-state index contributed by atoms with van der Waals surface area (Å²) in [5.41, 5.74) is 1.45. The second kappa shape index (κ2) is 5.10. The Morgan fingerprint density at radius 1 is 1.50 bits per heavy atom. The maximum absolute atomic E-state index is 12.2. The van der Waals surface area contributed by atoms with Gasteiger partial charge in [0.2, 0.25) is 0 Å². The lowest BCUT2D eigenvalue weighted by molar-refractivity contribution is 0.0914. The minimum atomic E-state index is -0.0196. The van der Waals surface area contributed by atoms with Crippen LogP contribution in [0.4, 0.5) is 0 Å². The third kappa shape index (κ3) is 2.72. The third-order valence-electron chi connectivity index (χ3n) is 3.64. The smallest absolute Gasteiger partial charge is 0.255 e. The van der Waals surface area contributed by atoms with E-state index in [1.165, 1.54) is 0 Å². The van der Waals surface area contributed by atoms with E-state index in [1.54, 1.807) is 10.9 Å². The molecule has 100 valence electrons. The Hall–Kier alpha value is -1.36. The van der Waals surface area contributed by atoms with Crippen LogP contribution in [0.1, 0.15) is 42.7 Å². The summed E-state index contributed by atoms with van der Waals surface area (Å²) < 4.78 is 1.68. The maximum atomic E-state index is 12.2. The fourth-order valence-corrected chi connectivity index (χ4v) is 2.59. The highest BCUT2D eigenvalue weighted by Crippen LogP contribution is 2.14. The number of piperidine rings is 1. The molecule has 1 amide bonds. The van der Waals surface area contributed by atoms with Crippen LogP contribution >= 0.6 is 0 Å². The maximum Gasteiger partial charge on any atom is 0.255 e. The largest absolute Gasteiger partial charge is 0.348 e. The monoisotopic (exact) mass is 250 g/mol. The zero-order chi connectivity index (χ0) is 13.3. The molecule has 2 N–H and O–H groups in total. The Bertz CT molecular complexity index is 440. The summed E-state index contributed by atoms with van der Waals surface area (Å²) >= 11 is 0. The average Bonchev–Trinajstić information content (AvgIpc) is 2.62. The van der Waals surface area contributed by atoms with Crippen molar-refractivity contribution < 1.29 is 4.79 Å². The van der Waals surface area contributed by atoms with Crippen molar-refractivity contribution in [3.8, 4) is 0 Å². The predicted molar refractivity (Wildman–Crippen MR) is 70.5 cm³/mol. The number of rotatable bonds is 2. The number of hydrogen-bond donors (Lipinski definition) is 2. The van der Waals surface area contributed by atoms with E-state index >= 15 is 0 Å². The van der Waals surface area contributed by atoms with Crippen LogP contribution in [-0.4, -0.2) is 33.8 Å². The highest BCUT2D eigenvalue weighted by Gasteiger charge is 2.26. The summed E-state index contributed by atoms with van der Waals surface area (Å²) in [4.78, 5) is 12.2. The number of carbonyl (C=O) groups is 1. The molecule has 3 unspecified atom stereocenters. The van der Waals surface area contributed by atoms with Gasteiger partial charge in [-0.3, -0.25) is 9.48 Å². The standard InChI is InChI=1S/C13H22N4O/c1-8-5-6-12(10(3)14-8)15-13(18)11-7-17(4)16-9(11)2/h7-8,10,12,14H,5-6H2,1-4H3,(H,15,18). The molecule has 0 saturated carbocycles. The Morgan fingerprint density at radius 2 is 2.22 bits per heavy atom. The first-order chi connectivity index (χ1) is 8.47. The van der Waals surface area contributed by atoms with Gasteiger partial charge in [0.05, 0.1) is 11.3 Å². The molecular weight excluding hydrogens is 228 g/mol. The van der Waals surface area contributed by atoms with Gasteiger partial charge >= 0.3 is 0 Å². The van der Waals surface area contributed by atoms with Gasteiger partial charge in [-0.25, -0.2) is 0 Å². The topological polar surface area (TPSA) is 59.0 Å². The van der Waals surface area contributed by atoms with Crippen molar-refractivity contribution in [3.63, 3.8) is 0 Å². The van der Waals surface area contributed by atoms with Crippen LogP contribution in [0.2, 0.25) is 0 Å². The molecule has 1 aromatic rings. The average molecular weight is 250 g/mol.